The van der Waals surface area contributed by atoms with Crippen LogP contribution < -0.4 is 16.0 Å². The van der Waals surface area contributed by atoms with Gasteiger partial charge < -0.3 is 20.9 Å². The molecule has 1 unspecified atom stereocenters. The molecule has 9 heteroatoms. The van der Waals surface area contributed by atoms with Crippen LogP contribution in [0, 0.1) is 5.92 Å². The number of rotatable bonds is 7. The highest BCUT2D eigenvalue weighted by atomic mass is 16.2. The van der Waals surface area contributed by atoms with Crippen LogP contribution in [0.3, 0.4) is 0 Å². The summed E-state index contributed by atoms with van der Waals surface area (Å²) in [6, 6.07) is 12.7. The molecule has 1 amide bonds. The van der Waals surface area contributed by atoms with Crippen LogP contribution in [-0.2, 0) is 4.79 Å². The summed E-state index contributed by atoms with van der Waals surface area (Å²) in [6.45, 7) is 3.93. The van der Waals surface area contributed by atoms with E-state index >= 15 is 0 Å². The number of aromatic nitrogens is 5. The van der Waals surface area contributed by atoms with Crippen molar-refractivity contribution in [2.24, 2.45) is 5.92 Å². The smallest absolute Gasteiger partial charge is 0.247 e. The summed E-state index contributed by atoms with van der Waals surface area (Å²) in [6.07, 6.45) is 4.64. The number of imidazole rings is 1. The number of anilines is 4. The van der Waals surface area contributed by atoms with Gasteiger partial charge in [0.1, 0.15) is 17.9 Å². The van der Waals surface area contributed by atoms with E-state index < -0.39 is 6.04 Å². The van der Waals surface area contributed by atoms with Gasteiger partial charge in [-0.15, -0.1) is 0 Å². The Balaban J connectivity index is 1.55. The van der Waals surface area contributed by atoms with Crippen LogP contribution in [0.5, 0.6) is 0 Å². The molecule has 0 radical (unpaired) electrons. The lowest BCUT2D eigenvalue weighted by molar-refractivity contribution is -0.117. The number of H-pyrrole nitrogens is 1. The molecular formula is C21H22N8O. The Kier molecular flexibility index (Phi) is 5.51. The predicted octanol–water partition coefficient (Wildman–Crippen LogP) is 3.57. The number of amides is 1. The minimum Gasteiger partial charge on any atom is -0.356 e. The number of carbonyl (C=O) groups excluding carboxylic acids is 1. The molecule has 4 rings (SSSR count). The Morgan fingerprint density at radius 1 is 0.967 bits per heavy atom. The molecule has 0 fully saturated rings. The molecule has 0 saturated carbocycles. The maximum atomic E-state index is 13.1. The van der Waals surface area contributed by atoms with Crippen LogP contribution in [-0.4, -0.2) is 36.9 Å². The third-order valence-electron chi connectivity index (χ3n) is 4.57. The first kappa shape index (κ1) is 19.3. The molecule has 4 aromatic rings. The van der Waals surface area contributed by atoms with Crippen molar-refractivity contribution < 1.29 is 4.79 Å². The van der Waals surface area contributed by atoms with Gasteiger partial charge in [-0.1, -0.05) is 32.0 Å². The van der Waals surface area contributed by atoms with Gasteiger partial charge in [0.2, 0.25) is 5.91 Å². The molecule has 0 aliphatic carbocycles. The SMILES string of the molecule is CC(C)C(Nc1ncnc2nc[nH]c12)C(=O)Nc1cccnc1Nc1ccccc1. The fourth-order valence-electron chi connectivity index (χ4n) is 3.03. The summed E-state index contributed by atoms with van der Waals surface area (Å²) in [5.74, 6) is 0.901. The van der Waals surface area contributed by atoms with Gasteiger partial charge >= 0.3 is 0 Å². The van der Waals surface area contributed by atoms with Crippen LogP contribution in [0.1, 0.15) is 13.8 Å². The van der Waals surface area contributed by atoms with E-state index in [1.807, 2.05) is 50.2 Å². The van der Waals surface area contributed by atoms with Gasteiger partial charge in [-0.05, 0) is 30.2 Å². The first-order valence-corrected chi connectivity index (χ1v) is 9.60. The van der Waals surface area contributed by atoms with Gasteiger partial charge in [-0.25, -0.2) is 19.9 Å². The van der Waals surface area contributed by atoms with E-state index in [4.69, 9.17) is 0 Å². The standard InChI is InChI=1S/C21H22N8O/c1-13(2)16(29-20-17-19(24-11-23-17)25-12-26-20)21(30)28-15-9-6-10-22-18(15)27-14-7-4-3-5-8-14/h3-13,16H,1-2H3,(H,22,27)(H,28,30)(H2,23,24,25,26,29). The highest BCUT2D eigenvalue weighted by Crippen LogP contribution is 2.24. The second-order valence-electron chi connectivity index (χ2n) is 7.07. The van der Waals surface area contributed by atoms with Gasteiger partial charge in [0, 0.05) is 11.9 Å². The zero-order chi connectivity index (χ0) is 20.9. The number of hydrogen-bond donors (Lipinski definition) is 4. The number of hydrogen-bond acceptors (Lipinski definition) is 7. The minimum absolute atomic E-state index is 0.000130. The van der Waals surface area contributed by atoms with E-state index in [0.29, 0.717) is 28.5 Å². The molecule has 1 aromatic carbocycles. The zero-order valence-electron chi connectivity index (χ0n) is 16.6. The summed E-state index contributed by atoms with van der Waals surface area (Å²) < 4.78 is 0. The maximum Gasteiger partial charge on any atom is 0.247 e. The topological polar surface area (TPSA) is 121 Å². The Morgan fingerprint density at radius 2 is 1.80 bits per heavy atom. The first-order valence-electron chi connectivity index (χ1n) is 9.60. The maximum absolute atomic E-state index is 13.1. The zero-order valence-corrected chi connectivity index (χ0v) is 16.6. The lowest BCUT2D eigenvalue weighted by atomic mass is 10.0. The Hall–Kier alpha value is -4.01. The summed E-state index contributed by atoms with van der Waals surface area (Å²) in [4.78, 5) is 33.0. The Labute approximate surface area is 173 Å². The van der Waals surface area contributed by atoms with Gasteiger partial charge in [0.15, 0.2) is 17.3 Å². The summed E-state index contributed by atoms with van der Waals surface area (Å²) in [5.41, 5.74) is 2.67. The number of fused-ring (bicyclic) bond motifs is 1. The van der Waals surface area contributed by atoms with Crippen LogP contribution in [0.4, 0.5) is 23.0 Å². The van der Waals surface area contributed by atoms with Crippen molar-refractivity contribution >= 4 is 40.1 Å². The molecule has 1 atom stereocenters. The Bertz CT molecular complexity index is 1140. The number of carbonyl (C=O) groups is 1. The predicted molar refractivity (Wildman–Crippen MR) is 117 cm³/mol. The largest absolute Gasteiger partial charge is 0.356 e. The van der Waals surface area contributed by atoms with E-state index in [0.717, 1.165) is 5.69 Å². The van der Waals surface area contributed by atoms with Gasteiger partial charge in [0.05, 0.1) is 12.0 Å². The fraction of sp³-hybridized carbons (Fsp3) is 0.190. The molecule has 4 N–H and O–H groups in total. The number of pyridine rings is 1. The summed E-state index contributed by atoms with van der Waals surface area (Å²) in [7, 11) is 0. The third kappa shape index (κ3) is 4.19. The first-order chi connectivity index (χ1) is 14.6. The van der Waals surface area contributed by atoms with Crippen LogP contribution in [0.2, 0.25) is 0 Å². The monoisotopic (exact) mass is 402 g/mol. The number of nitrogens with one attached hydrogen (secondary N) is 4. The molecule has 0 saturated heterocycles. The van der Waals surface area contributed by atoms with E-state index in [1.165, 1.54) is 6.33 Å². The number of benzene rings is 1. The van der Waals surface area contributed by atoms with Gasteiger partial charge in [-0.2, -0.15) is 0 Å². The van der Waals surface area contributed by atoms with Crippen LogP contribution >= 0.6 is 0 Å². The van der Waals surface area contributed by atoms with E-state index in [9.17, 15) is 4.79 Å². The highest BCUT2D eigenvalue weighted by Gasteiger charge is 2.24. The molecule has 30 heavy (non-hydrogen) atoms. The average molecular weight is 402 g/mol. The van der Waals surface area contributed by atoms with Crippen LogP contribution in [0.15, 0.2) is 61.3 Å². The van der Waals surface area contributed by atoms with E-state index in [-0.39, 0.29) is 11.8 Å². The van der Waals surface area contributed by atoms with Crippen molar-refractivity contribution in [3.63, 3.8) is 0 Å². The molecule has 0 spiro atoms. The molecule has 3 heterocycles. The van der Waals surface area contributed by atoms with E-state index in [2.05, 4.69) is 40.9 Å². The normalized spacial score (nSPS) is 12.0. The average Bonchev–Trinajstić information content (AvgIpc) is 3.23. The Morgan fingerprint density at radius 3 is 2.60 bits per heavy atom. The van der Waals surface area contributed by atoms with Crippen molar-refractivity contribution in [2.45, 2.75) is 19.9 Å². The molecule has 0 aliphatic rings. The molecule has 0 bridgehead atoms. The van der Waals surface area contributed by atoms with Crippen molar-refractivity contribution in [3.05, 3.63) is 61.3 Å². The van der Waals surface area contributed by atoms with Crippen molar-refractivity contribution in [1.29, 1.82) is 0 Å². The minimum atomic E-state index is -0.531. The molecule has 152 valence electrons. The quantitative estimate of drug-likeness (QED) is 0.373. The number of para-hydroxylation sites is 1. The van der Waals surface area contributed by atoms with Crippen molar-refractivity contribution in [1.82, 2.24) is 24.9 Å². The second kappa shape index (κ2) is 8.56. The molecule has 3 aromatic heterocycles. The van der Waals surface area contributed by atoms with Crippen LogP contribution in [0.25, 0.3) is 11.2 Å². The van der Waals surface area contributed by atoms with Gasteiger partial charge in [0.25, 0.3) is 0 Å². The van der Waals surface area contributed by atoms with E-state index in [1.54, 1.807) is 18.6 Å². The fourth-order valence-corrected chi connectivity index (χ4v) is 3.03. The second-order valence-corrected chi connectivity index (χ2v) is 7.07. The number of aromatic amines is 1. The van der Waals surface area contributed by atoms with Crippen molar-refractivity contribution in [3.8, 4) is 0 Å². The van der Waals surface area contributed by atoms with Crippen molar-refractivity contribution in [2.75, 3.05) is 16.0 Å². The third-order valence-corrected chi connectivity index (χ3v) is 4.57. The summed E-state index contributed by atoms with van der Waals surface area (Å²) >= 11 is 0. The summed E-state index contributed by atoms with van der Waals surface area (Å²) in [5, 5.41) is 9.44. The lowest BCUT2D eigenvalue weighted by Gasteiger charge is -2.23. The molecule has 0 aliphatic heterocycles. The number of nitrogens with zero attached hydrogens (tertiary/aromatic N) is 4. The highest BCUT2D eigenvalue weighted by molar-refractivity contribution is 5.99. The molecular weight excluding hydrogens is 380 g/mol. The van der Waals surface area contributed by atoms with Gasteiger partial charge in [-0.3, -0.25) is 4.79 Å². The molecule has 9 nitrogen and oxygen atoms in total. The lowest BCUT2D eigenvalue weighted by Crippen LogP contribution is -2.39.